The highest BCUT2D eigenvalue weighted by Crippen LogP contribution is 2.15. The molecule has 20 heavy (non-hydrogen) atoms. The third-order valence-electron chi connectivity index (χ3n) is 3.91. The van der Waals surface area contributed by atoms with Gasteiger partial charge in [0, 0.05) is 31.7 Å². The number of likely N-dealkylation sites (tertiary alicyclic amines) is 1. The molecule has 2 atom stereocenters. The fraction of sp³-hybridized carbons (Fsp3) is 0.933. The van der Waals surface area contributed by atoms with Crippen molar-refractivity contribution >= 4 is 6.09 Å². The smallest absolute Gasteiger partial charge is 0.410 e. The van der Waals surface area contributed by atoms with Crippen molar-refractivity contribution in [1.29, 1.82) is 0 Å². The molecule has 0 aliphatic carbocycles. The van der Waals surface area contributed by atoms with Crippen LogP contribution in [0.1, 0.15) is 46.5 Å². The van der Waals surface area contributed by atoms with E-state index in [9.17, 15) is 4.79 Å². The second kappa shape index (κ2) is 6.76. The molecule has 0 aromatic heterocycles. The molecule has 0 aromatic carbocycles. The van der Waals surface area contributed by atoms with Crippen LogP contribution in [0.4, 0.5) is 4.79 Å². The lowest BCUT2D eigenvalue weighted by Crippen LogP contribution is -2.45. The molecule has 5 heteroatoms. The van der Waals surface area contributed by atoms with E-state index in [0.717, 1.165) is 32.6 Å². The molecule has 2 unspecified atom stereocenters. The van der Waals surface area contributed by atoms with Crippen LogP contribution in [0, 0.1) is 0 Å². The number of hydrogen-bond acceptors (Lipinski definition) is 4. The maximum absolute atomic E-state index is 12.0. The number of nitrogens with one attached hydrogen (secondary N) is 2. The van der Waals surface area contributed by atoms with Gasteiger partial charge in [0.25, 0.3) is 0 Å². The molecule has 0 radical (unpaired) electrons. The minimum absolute atomic E-state index is 0.183. The second-order valence-electron chi connectivity index (χ2n) is 6.97. The molecule has 2 aliphatic heterocycles. The Bertz CT molecular complexity index is 322. The molecule has 0 bridgehead atoms. The lowest BCUT2D eigenvalue weighted by molar-refractivity contribution is 0.0291. The Hall–Kier alpha value is -0.810. The molecule has 116 valence electrons. The Morgan fingerprint density at radius 1 is 1.35 bits per heavy atom. The molecule has 2 fully saturated rings. The zero-order chi connectivity index (χ0) is 14.6. The minimum atomic E-state index is -0.408. The zero-order valence-corrected chi connectivity index (χ0v) is 13.1. The van der Waals surface area contributed by atoms with Crippen molar-refractivity contribution in [3.8, 4) is 0 Å². The Balaban J connectivity index is 1.68. The van der Waals surface area contributed by atoms with Crippen LogP contribution in [-0.4, -0.2) is 54.9 Å². The first-order valence-electron chi connectivity index (χ1n) is 7.89. The van der Waals surface area contributed by atoms with Crippen LogP contribution in [0.25, 0.3) is 0 Å². The Morgan fingerprint density at radius 3 is 2.80 bits per heavy atom. The third-order valence-corrected chi connectivity index (χ3v) is 3.91. The van der Waals surface area contributed by atoms with Crippen molar-refractivity contribution in [2.75, 3.05) is 26.2 Å². The summed E-state index contributed by atoms with van der Waals surface area (Å²) in [6.07, 6.45) is 4.72. The summed E-state index contributed by atoms with van der Waals surface area (Å²) in [7, 11) is 0. The Labute approximate surface area is 122 Å². The van der Waals surface area contributed by atoms with Gasteiger partial charge in [-0.05, 0) is 46.6 Å². The van der Waals surface area contributed by atoms with Crippen molar-refractivity contribution in [1.82, 2.24) is 15.5 Å². The van der Waals surface area contributed by atoms with Gasteiger partial charge >= 0.3 is 6.09 Å². The van der Waals surface area contributed by atoms with Gasteiger partial charge in [0.15, 0.2) is 0 Å². The molecule has 2 saturated heterocycles. The molecule has 2 rings (SSSR count). The molecule has 2 N–H and O–H groups in total. The molecular formula is C15H29N3O2. The van der Waals surface area contributed by atoms with E-state index in [-0.39, 0.29) is 6.09 Å². The maximum Gasteiger partial charge on any atom is 0.410 e. The molecule has 5 nitrogen and oxygen atoms in total. The lowest BCUT2D eigenvalue weighted by Gasteiger charge is -2.26. The Morgan fingerprint density at radius 2 is 2.15 bits per heavy atom. The fourth-order valence-corrected chi connectivity index (χ4v) is 2.83. The molecule has 1 amide bonds. The van der Waals surface area contributed by atoms with Gasteiger partial charge in [-0.2, -0.15) is 0 Å². The number of hydrogen-bond donors (Lipinski definition) is 2. The van der Waals surface area contributed by atoms with Crippen LogP contribution in [0.15, 0.2) is 0 Å². The van der Waals surface area contributed by atoms with E-state index in [0.29, 0.717) is 12.1 Å². The van der Waals surface area contributed by atoms with Crippen molar-refractivity contribution in [3.63, 3.8) is 0 Å². The number of ether oxygens (including phenoxy) is 1. The summed E-state index contributed by atoms with van der Waals surface area (Å²) in [5.41, 5.74) is -0.408. The number of piperidine rings is 1. The predicted molar refractivity (Wildman–Crippen MR) is 79.9 cm³/mol. The molecular weight excluding hydrogens is 254 g/mol. The van der Waals surface area contributed by atoms with Gasteiger partial charge in [-0.3, -0.25) is 0 Å². The quantitative estimate of drug-likeness (QED) is 0.828. The molecule has 2 heterocycles. The van der Waals surface area contributed by atoms with E-state index in [1.165, 1.54) is 19.3 Å². The average molecular weight is 283 g/mol. The van der Waals surface area contributed by atoms with Gasteiger partial charge in [-0.1, -0.05) is 6.42 Å². The standard InChI is InChI=1S/C15H29N3O2/c1-15(2,3)20-14(19)18-9-7-13(11-18)17-10-12-6-4-5-8-16-12/h12-13,16-17H,4-11H2,1-3H3. The first-order chi connectivity index (χ1) is 9.44. The van der Waals surface area contributed by atoms with Crippen molar-refractivity contribution < 1.29 is 9.53 Å². The summed E-state index contributed by atoms with van der Waals surface area (Å²) in [5.74, 6) is 0. The van der Waals surface area contributed by atoms with Crippen LogP contribution >= 0.6 is 0 Å². The monoisotopic (exact) mass is 283 g/mol. The summed E-state index contributed by atoms with van der Waals surface area (Å²) in [6.45, 7) is 9.43. The second-order valence-corrected chi connectivity index (χ2v) is 6.97. The highest BCUT2D eigenvalue weighted by molar-refractivity contribution is 5.68. The summed E-state index contributed by atoms with van der Waals surface area (Å²) < 4.78 is 5.41. The lowest BCUT2D eigenvalue weighted by atomic mass is 10.0. The highest BCUT2D eigenvalue weighted by atomic mass is 16.6. The molecule has 0 aromatic rings. The number of amides is 1. The van der Waals surface area contributed by atoms with Gasteiger partial charge in [0.1, 0.15) is 5.60 Å². The Kier molecular flexibility index (Phi) is 5.27. The molecule has 0 saturated carbocycles. The van der Waals surface area contributed by atoms with Crippen LogP contribution in [0.3, 0.4) is 0 Å². The van der Waals surface area contributed by atoms with Gasteiger partial charge in [-0.25, -0.2) is 4.79 Å². The summed E-state index contributed by atoms with van der Waals surface area (Å²) in [5, 5.41) is 7.13. The summed E-state index contributed by atoms with van der Waals surface area (Å²) >= 11 is 0. The topological polar surface area (TPSA) is 53.6 Å². The minimum Gasteiger partial charge on any atom is -0.444 e. The molecule has 0 spiro atoms. The first kappa shape index (κ1) is 15.6. The average Bonchev–Trinajstić information content (AvgIpc) is 2.84. The summed E-state index contributed by atoms with van der Waals surface area (Å²) in [4.78, 5) is 13.8. The zero-order valence-electron chi connectivity index (χ0n) is 13.1. The fourth-order valence-electron chi connectivity index (χ4n) is 2.83. The van der Waals surface area contributed by atoms with Crippen LogP contribution in [0.2, 0.25) is 0 Å². The number of carbonyl (C=O) groups is 1. The number of carbonyl (C=O) groups excluding carboxylic acids is 1. The SMILES string of the molecule is CC(C)(C)OC(=O)N1CCC(NCC2CCCCN2)C1. The largest absolute Gasteiger partial charge is 0.444 e. The van der Waals surface area contributed by atoms with Gasteiger partial charge in [0.2, 0.25) is 0 Å². The van der Waals surface area contributed by atoms with Gasteiger partial charge in [0.05, 0.1) is 0 Å². The normalized spacial score (nSPS) is 27.6. The van der Waals surface area contributed by atoms with Crippen molar-refractivity contribution in [2.24, 2.45) is 0 Å². The summed E-state index contributed by atoms with van der Waals surface area (Å²) in [6, 6.07) is 1.01. The van der Waals surface area contributed by atoms with E-state index in [1.54, 1.807) is 0 Å². The van der Waals surface area contributed by atoms with Crippen LogP contribution in [-0.2, 0) is 4.74 Å². The van der Waals surface area contributed by atoms with Gasteiger partial charge in [-0.15, -0.1) is 0 Å². The van der Waals surface area contributed by atoms with Crippen LogP contribution < -0.4 is 10.6 Å². The van der Waals surface area contributed by atoms with E-state index < -0.39 is 5.60 Å². The third kappa shape index (κ3) is 4.94. The maximum atomic E-state index is 12.0. The number of rotatable bonds is 3. The van der Waals surface area contributed by atoms with Crippen molar-refractivity contribution in [3.05, 3.63) is 0 Å². The van der Waals surface area contributed by atoms with E-state index in [4.69, 9.17) is 4.74 Å². The predicted octanol–water partition coefficient (Wildman–Crippen LogP) is 1.73. The van der Waals surface area contributed by atoms with E-state index in [1.807, 2.05) is 25.7 Å². The van der Waals surface area contributed by atoms with E-state index >= 15 is 0 Å². The van der Waals surface area contributed by atoms with E-state index in [2.05, 4.69) is 10.6 Å². The number of nitrogens with zero attached hydrogens (tertiary/aromatic N) is 1. The highest BCUT2D eigenvalue weighted by Gasteiger charge is 2.29. The molecule has 2 aliphatic rings. The van der Waals surface area contributed by atoms with Gasteiger partial charge < -0.3 is 20.3 Å². The van der Waals surface area contributed by atoms with Crippen LogP contribution in [0.5, 0.6) is 0 Å². The first-order valence-corrected chi connectivity index (χ1v) is 7.89. The van der Waals surface area contributed by atoms with Crippen molar-refractivity contribution in [2.45, 2.75) is 64.1 Å².